The predicted molar refractivity (Wildman–Crippen MR) is 133 cm³/mol. The molecule has 0 aliphatic heterocycles. The molecule has 158 valence electrons. The van der Waals surface area contributed by atoms with Crippen molar-refractivity contribution in [3.8, 4) is 27.3 Å². The third-order valence-corrected chi connectivity index (χ3v) is 6.57. The van der Waals surface area contributed by atoms with Crippen LogP contribution in [-0.2, 0) is 6.42 Å². The van der Waals surface area contributed by atoms with E-state index in [2.05, 4.69) is 55.5 Å². The van der Waals surface area contributed by atoms with E-state index in [1.54, 1.807) is 0 Å². The van der Waals surface area contributed by atoms with Gasteiger partial charge in [-0.05, 0) is 60.7 Å². The van der Waals surface area contributed by atoms with Crippen molar-refractivity contribution in [2.24, 2.45) is 0 Å². The Morgan fingerprint density at radius 3 is 2.07 bits per heavy atom. The lowest BCUT2D eigenvalue weighted by Gasteiger charge is -2.06. The van der Waals surface area contributed by atoms with E-state index in [0.29, 0.717) is 6.61 Å². The second-order valence-corrected chi connectivity index (χ2v) is 8.93. The van der Waals surface area contributed by atoms with Crippen molar-refractivity contribution in [1.29, 1.82) is 0 Å². The van der Waals surface area contributed by atoms with Gasteiger partial charge in [-0.25, -0.2) is 0 Å². The minimum absolute atomic E-state index is 0.617. The SMILES string of the molecule is CC=CCOc1ccc(-c2ccc(-c3ccc(CCCCCCCC)s3)cc2)cc1. The highest BCUT2D eigenvalue weighted by Crippen LogP contribution is 2.31. The second kappa shape index (κ2) is 12.4. The van der Waals surface area contributed by atoms with Crippen molar-refractivity contribution in [2.75, 3.05) is 6.61 Å². The number of aryl methyl sites for hydroxylation is 1. The number of hydrogen-bond donors (Lipinski definition) is 0. The number of hydrogen-bond acceptors (Lipinski definition) is 2. The van der Waals surface area contributed by atoms with Crippen molar-refractivity contribution >= 4 is 11.3 Å². The molecule has 0 fully saturated rings. The zero-order valence-corrected chi connectivity index (χ0v) is 19.2. The molecule has 1 aromatic heterocycles. The van der Waals surface area contributed by atoms with E-state index in [1.165, 1.54) is 71.4 Å². The lowest BCUT2D eigenvalue weighted by atomic mass is 10.0. The molecule has 0 aliphatic carbocycles. The zero-order chi connectivity index (χ0) is 21.0. The minimum Gasteiger partial charge on any atom is -0.490 e. The van der Waals surface area contributed by atoms with E-state index in [1.807, 2.05) is 42.5 Å². The maximum absolute atomic E-state index is 5.68. The highest BCUT2D eigenvalue weighted by atomic mass is 32.1. The van der Waals surface area contributed by atoms with E-state index in [4.69, 9.17) is 4.74 Å². The molecular formula is C28H34OS. The van der Waals surface area contributed by atoms with Gasteiger partial charge in [0, 0.05) is 9.75 Å². The Morgan fingerprint density at radius 2 is 1.37 bits per heavy atom. The Labute approximate surface area is 186 Å². The molecule has 3 aromatic rings. The van der Waals surface area contributed by atoms with Gasteiger partial charge in [0.25, 0.3) is 0 Å². The molecule has 0 aliphatic rings. The lowest BCUT2D eigenvalue weighted by Crippen LogP contribution is -1.92. The quantitative estimate of drug-likeness (QED) is 0.211. The molecule has 2 heteroatoms. The molecule has 3 rings (SSSR count). The van der Waals surface area contributed by atoms with Crippen molar-refractivity contribution < 1.29 is 4.74 Å². The van der Waals surface area contributed by atoms with Crippen LogP contribution < -0.4 is 4.74 Å². The van der Waals surface area contributed by atoms with Gasteiger partial charge in [0.1, 0.15) is 12.4 Å². The van der Waals surface area contributed by atoms with E-state index in [-0.39, 0.29) is 0 Å². The first-order chi connectivity index (χ1) is 14.8. The number of ether oxygens (including phenoxy) is 1. The number of rotatable bonds is 12. The summed E-state index contributed by atoms with van der Waals surface area (Å²) in [5.74, 6) is 0.907. The van der Waals surface area contributed by atoms with Crippen LogP contribution in [0.4, 0.5) is 0 Å². The molecular weight excluding hydrogens is 384 g/mol. The third kappa shape index (κ3) is 6.88. The normalized spacial score (nSPS) is 11.3. The first kappa shape index (κ1) is 22.4. The number of allylic oxidation sites excluding steroid dienone is 1. The average molecular weight is 419 g/mol. The first-order valence-electron chi connectivity index (χ1n) is 11.3. The first-order valence-corrected chi connectivity index (χ1v) is 12.2. The van der Waals surface area contributed by atoms with Gasteiger partial charge in [0.2, 0.25) is 0 Å². The summed E-state index contributed by atoms with van der Waals surface area (Å²) < 4.78 is 5.68. The number of unbranched alkanes of at least 4 members (excludes halogenated alkanes) is 5. The van der Waals surface area contributed by atoms with Gasteiger partial charge in [-0.15, -0.1) is 11.3 Å². The molecule has 0 saturated carbocycles. The van der Waals surface area contributed by atoms with Crippen molar-refractivity contribution in [3.63, 3.8) is 0 Å². The Bertz CT molecular complexity index is 887. The lowest BCUT2D eigenvalue weighted by molar-refractivity contribution is 0.363. The van der Waals surface area contributed by atoms with Crippen LogP contribution >= 0.6 is 11.3 Å². The topological polar surface area (TPSA) is 9.23 Å². The van der Waals surface area contributed by atoms with Crippen molar-refractivity contribution in [2.45, 2.75) is 58.8 Å². The number of thiophene rings is 1. The van der Waals surface area contributed by atoms with Gasteiger partial charge in [0.15, 0.2) is 0 Å². The highest BCUT2D eigenvalue weighted by molar-refractivity contribution is 7.15. The largest absolute Gasteiger partial charge is 0.490 e. The molecule has 1 heterocycles. The standard InChI is InChI=1S/C28H34OS/c1-3-5-7-8-9-10-11-27-20-21-28(30-27)25-14-12-23(13-15-25)24-16-18-26(19-17-24)29-22-6-4-2/h4,6,12-21H,3,5,7-11,22H2,1-2H3. The molecule has 30 heavy (non-hydrogen) atoms. The summed E-state index contributed by atoms with van der Waals surface area (Å²) in [6, 6.07) is 21.9. The van der Waals surface area contributed by atoms with Crippen molar-refractivity contribution in [3.05, 3.63) is 77.7 Å². The van der Waals surface area contributed by atoms with Crippen LogP contribution in [0.5, 0.6) is 5.75 Å². The summed E-state index contributed by atoms with van der Waals surface area (Å²) in [5.41, 5.74) is 3.77. The van der Waals surface area contributed by atoms with E-state index >= 15 is 0 Å². The third-order valence-electron chi connectivity index (χ3n) is 5.38. The van der Waals surface area contributed by atoms with E-state index < -0.39 is 0 Å². The zero-order valence-electron chi connectivity index (χ0n) is 18.4. The van der Waals surface area contributed by atoms with Gasteiger partial charge in [-0.3, -0.25) is 0 Å². The second-order valence-electron chi connectivity index (χ2n) is 7.77. The van der Waals surface area contributed by atoms with Crippen LogP contribution in [0.25, 0.3) is 21.6 Å². The molecule has 1 nitrogen and oxygen atoms in total. The van der Waals surface area contributed by atoms with E-state index in [0.717, 1.165) is 5.75 Å². The minimum atomic E-state index is 0.617. The molecule has 0 amide bonds. The van der Waals surface area contributed by atoms with Gasteiger partial charge in [-0.2, -0.15) is 0 Å². The van der Waals surface area contributed by atoms with E-state index in [9.17, 15) is 0 Å². The Kier molecular flexibility index (Phi) is 9.24. The highest BCUT2D eigenvalue weighted by Gasteiger charge is 2.05. The summed E-state index contributed by atoms with van der Waals surface area (Å²) in [6.45, 7) is 4.90. The van der Waals surface area contributed by atoms with Gasteiger partial charge >= 0.3 is 0 Å². The van der Waals surface area contributed by atoms with Crippen molar-refractivity contribution in [1.82, 2.24) is 0 Å². The molecule has 0 saturated heterocycles. The molecule has 2 aromatic carbocycles. The molecule has 0 unspecified atom stereocenters. The monoisotopic (exact) mass is 418 g/mol. The van der Waals surface area contributed by atoms with Crippen LogP contribution in [0.1, 0.15) is 57.2 Å². The molecule has 0 atom stereocenters. The van der Waals surface area contributed by atoms with Crippen LogP contribution in [0, 0.1) is 0 Å². The molecule has 0 bridgehead atoms. The summed E-state index contributed by atoms with van der Waals surface area (Å²) in [7, 11) is 0. The smallest absolute Gasteiger partial charge is 0.119 e. The molecule has 0 radical (unpaired) electrons. The molecule has 0 N–H and O–H groups in total. The van der Waals surface area contributed by atoms with Crippen LogP contribution in [0.15, 0.2) is 72.8 Å². The maximum atomic E-state index is 5.68. The van der Waals surface area contributed by atoms with Crippen LogP contribution in [-0.4, -0.2) is 6.61 Å². The molecule has 0 spiro atoms. The predicted octanol–water partition coefficient (Wildman–Crippen LogP) is 8.94. The Balaban J connectivity index is 1.53. The fraction of sp³-hybridized carbons (Fsp3) is 0.357. The van der Waals surface area contributed by atoms with Crippen LogP contribution in [0.3, 0.4) is 0 Å². The average Bonchev–Trinajstić information content (AvgIpc) is 3.26. The maximum Gasteiger partial charge on any atom is 0.119 e. The van der Waals surface area contributed by atoms with Gasteiger partial charge in [0.05, 0.1) is 0 Å². The van der Waals surface area contributed by atoms with Crippen LogP contribution in [0.2, 0.25) is 0 Å². The number of benzene rings is 2. The fourth-order valence-corrected chi connectivity index (χ4v) is 4.61. The fourth-order valence-electron chi connectivity index (χ4n) is 3.56. The summed E-state index contributed by atoms with van der Waals surface area (Å²) in [5, 5.41) is 0. The summed E-state index contributed by atoms with van der Waals surface area (Å²) >= 11 is 1.95. The summed E-state index contributed by atoms with van der Waals surface area (Å²) in [6.07, 6.45) is 13.4. The van der Waals surface area contributed by atoms with Gasteiger partial charge < -0.3 is 4.74 Å². The Morgan fingerprint density at radius 1 is 0.733 bits per heavy atom. The van der Waals surface area contributed by atoms with Gasteiger partial charge in [-0.1, -0.05) is 87.6 Å². The summed E-state index contributed by atoms with van der Waals surface area (Å²) in [4.78, 5) is 2.88. The Hall–Kier alpha value is -2.32.